The number of carbonyl (C=O) groups excluding carboxylic acids is 2. The average molecular weight is 297 g/mol. The number of nitrogens with zero attached hydrogens (tertiary/aromatic N) is 2. The molecule has 22 heavy (non-hydrogen) atoms. The van der Waals surface area contributed by atoms with Gasteiger partial charge in [0.2, 0.25) is 11.7 Å². The zero-order valence-electron chi connectivity index (χ0n) is 12.3. The molecule has 2 aromatic rings. The Bertz CT molecular complexity index is 743. The Kier molecular flexibility index (Phi) is 4.69. The van der Waals surface area contributed by atoms with Crippen molar-refractivity contribution in [2.75, 3.05) is 5.32 Å². The molecular weight excluding hydrogens is 282 g/mol. The van der Waals surface area contributed by atoms with E-state index >= 15 is 0 Å². The molecule has 1 aromatic heterocycles. The van der Waals surface area contributed by atoms with E-state index in [-0.39, 0.29) is 5.69 Å². The van der Waals surface area contributed by atoms with Gasteiger partial charge in [0.1, 0.15) is 12.0 Å². The molecular formula is C16H15N3O3. The number of benzene rings is 1. The maximum Gasteiger partial charge on any atom is 0.249 e. The third kappa shape index (κ3) is 3.38. The molecule has 1 heterocycles. The van der Waals surface area contributed by atoms with Gasteiger partial charge in [0.05, 0.1) is 6.07 Å². The molecule has 0 aliphatic rings. The molecule has 1 aromatic carbocycles. The first-order valence-electron chi connectivity index (χ1n) is 6.81. The first-order chi connectivity index (χ1) is 10.5. The molecule has 0 unspecified atom stereocenters. The lowest BCUT2D eigenvalue weighted by molar-refractivity contribution is -0.117. The van der Waals surface area contributed by atoms with Crippen LogP contribution in [-0.2, 0) is 11.2 Å². The molecule has 0 saturated carbocycles. The molecule has 0 fully saturated rings. The number of aromatic nitrogens is 1. The van der Waals surface area contributed by atoms with Gasteiger partial charge in [0.15, 0.2) is 11.8 Å². The van der Waals surface area contributed by atoms with Crippen LogP contribution in [0.1, 0.15) is 28.9 Å². The summed E-state index contributed by atoms with van der Waals surface area (Å²) < 4.78 is 5.07. The maximum atomic E-state index is 12.2. The van der Waals surface area contributed by atoms with Gasteiger partial charge in [-0.05, 0) is 24.6 Å². The molecule has 0 aliphatic carbocycles. The highest BCUT2D eigenvalue weighted by Gasteiger charge is 2.29. The summed E-state index contributed by atoms with van der Waals surface area (Å²) in [4.78, 5) is 28.3. The average Bonchev–Trinajstić information content (AvgIpc) is 2.96. The van der Waals surface area contributed by atoms with Gasteiger partial charge in [-0.3, -0.25) is 9.59 Å². The first kappa shape index (κ1) is 15.4. The van der Waals surface area contributed by atoms with Crippen molar-refractivity contribution in [1.82, 2.24) is 4.98 Å². The van der Waals surface area contributed by atoms with E-state index < -0.39 is 17.6 Å². The van der Waals surface area contributed by atoms with Crippen molar-refractivity contribution in [3.05, 3.63) is 47.7 Å². The number of amides is 1. The van der Waals surface area contributed by atoms with E-state index in [1.807, 2.05) is 19.9 Å². The largest absolute Gasteiger partial charge is 0.448 e. The summed E-state index contributed by atoms with van der Waals surface area (Å²) in [5.41, 5.74) is 1.48. The molecule has 0 radical (unpaired) electrons. The Morgan fingerprint density at radius 3 is 2.82 bits per heavy atom. The lowest BCUT2D eigenvalue weighted by Crippen LogP contribution is -2.29. The second-order valence-corrected chi connectivity index (χ2v) is 4.77. The topological polar surface area (TPSA) is 96.0 Å². The number of aryl methyl sites for hydroxylation is 2. The molecule has 0 bridgehead atoms. The van der Waals surface area contributed by atoms with Crippen molar-refractivity contribution < 1.29 is 14.0 Å². The lowest BCUT2D eigenvalue weighted by atomic mass is 10.0. The van der Waals surface area contributed by atoms with Crippen LogP contribution in [-0.4, -0.2) is 16.7 Å². The number of hydrogen-bond donors (Lipinski definition) is 1. The predicted octanol–water partition coefficient (Wildman–Crippen LogP) is 2.51. The normalized spacial score (nSPS) is 11.5. The highest BCUT2D eigenvalue weighted by atomic mass is 16.3. The molecule has 0 saturated heterocycles. The van der Waals surface area contributed by atoms with E-state index in [9.17, 15) is 9.59 Å². The van der Waals surface area contributed by atoms with Gasteiger partial charge in [0.25, 0.3) is 0 Å². The van der Waals surface area contributed by atoms with Crippen LogP contribution in [0.5, 0.6) is 0 Å². The predicted molar refractivity (Wildman–Crippen MR) is 79.1 cm³/mol. The number of ketones is 1. The third-order valence-electron chi connectivity index (χ3n) is 3.05. The molecule has 1 amide bonds. The fourth-order valence-electron chi connectivity index (χ4n) is 1.91. The fourth-order valence-corrected chi connectivity index (χ4v) is 1.91. The van der Waals surface area contributed by atoms with E-state index in [2.05, 4.69) is 10.3 Å². The van der Waals surface area contributed by atoms with Crippen LogP contribution in [0.25, 0.3) is 0 Å². The Morgan fingerprint density at radius 2 is 2.23 bits per heavy atom. The van der Waals surface area contributed by atoms with Crippen LogP contribution < -0.4 is 5.32 Å². The van der Waals surface area contributed by atoms with Gasteiger partial charge >= 0.3 is 0 Å². The van der Waals surface area contributed by atoms with Crippen molar-refractivity contribution in [1.29, 1.82) is 5.26 Å². The van der Waals surface area contributed by atoms with Crippen LogP contribution in [0, 0.1) is 24.2 Å². The number of nitriles is 1. The summed E-state index contributed by atoms with van der Waals surface area (Å²) in [6, 6.07) is 8.82. The van der Waals surface area contributed by atoms with Gasteiger partial charge in [-0.15, -0.1) is 0 Å². The maximum absolute atomic E-state index is 12.2. The standard InChI is InChI=1S/C16H15N3O3/c1-3-14-19-13(9-22-14)15(20)12(8-17)16(21)18-11-6-4-5-10(2)7-11/h4-7,9,12H,3H2,1-2H3,(H,18,21)/t12-/m0/s1. The van der Waals surface area contributed by atoms with E-state index in [1.54, 1.807) is 24.3 Å². The molecule has 1 atom stereocenters. The summed E-state index contributed by atoms with van der Waals surface area (Å²) in [6.07, 6.45) is 1.70. The molecule has 1 N–H and O–H groups in total. The summed E-state index contributed by atoms with van der Waals surface area (Å²) in [5.74, 6) is -2.43. The molecule has 112 valence electrons. The van der Waals surface area contributed by atoms with Crippen molar-refractivity contribution in [2.45, 2.75) is 20.3 Å². The number of nitrogens with one attached hydrogen (secondary N) is 1. The summed E-state index contributed by atoms with van der Waals surface area (Å²) >= 11 is 0. The minimum atomic E-state index is -1.46. The number of rotatable bonds is 5. The van der Waals surface area contributed by atoms with Crippen molar-refractivity contribution in [3.63, 3.8) is 0 Å². The van der Waals surface area contributed by atoms with Crippen molar-refractivity contribution in [3.8, 4) is 6.07 Å². The van der Waals surface area contributed by atoms with Gasteiger partial charge in [-0.2, -0.15) is 5.26 Å². The van der Waals surface area contributed by atoms with Crippen LogP contribution in [0.4, 0.5) is 5.69 Å². The Balaban J connectivity index is 2.15. The van der Waals surface area contributed by atoms with Crippen molar-refractivity contribution >= 4 is 17.4 Å². The number of carbonyl (C=O) groups is 2. The lowest BCUT2D eigenvalue weighted by Gasteiger charge is -2.08. The van der Waals surface area contributed by atoms with E-state index in [0.717, 1.165) is 5.56 Å². The van der Waals surface area contributed by atoms with Crippen LogP contribution >= 0.6 is 0 Å². The van der Waals surface area contributed by atoms with E-state index in [1.165, 1.54) is 6.26 Å². The summed E-state index contributed by atoms with van der Waals surface area (Å²) in [6.45, 7) is 3.70. The SMILES string of the molecule is CCc1nc(C(=O)[C@H](C#N)C(=O)Nc2cccc(C)c2)co1. The monoisotopic (exact) mass is 297 g/mol. The summed E-state index contributed by atoms with van der Waals surface area (Å²) in [7, 11) is 0. The van der Waals surface area contributed by atoms with Gasteiger partial charge in [0, 0.05) is 12.1 Å². The number of anilines is 1. The summed E-state index contributed by atoms with van der Waals surface area (Å²) in [5, 5.41) is 11.7. The van der Waals surface area contributed by atoms with Crippen LogP contribution in [0.15, 0.2) is 34.9 Å². The number of Topliss-reactive ketones (excluding diaryl/α,β-unsaturated/α-hetero) is 1. The fraction of sp³-hybridized carbons (Fsp3) is 0.250. The second-order valence-electron chi connectivity index (χ2n) is 4.77. The molecule has 6 nitrogen and oxygen atoms in total. The molecule has 6 heteroatoms. The molecule has 0 spiro atoms. The third-order valence-corrected chi connectivity index (χ3v) is 3.05. The number of hydrogen-bond acceptors (Lipinski definition) is 5. The van der Waals surface area contributed by atoms with Gasteiger partial charge in [-0.25, -0.2) is 4.98 Å². The minimum Gasteiger partial charge on any atom is -0.448 e. The Labute approximate surface area is 127 Å². The molecule has 0 aliphatic heterocycles. The van der Waals surface area contributed by atoms with Crippen molar-refractivity contribution in [2.24, 2.45) is 5.92 Å². The number of oxazole rings is 1. The zero-order chi connectivity index (χ0) is 16.1. The van der Waals surface area contributed by atoms with E-state index in [4.69, 9.17) is 9.68 Å². The van der Waals surface area contributed by atoms with Gasteiger partial charge < -0.3 is 9.73 Å². The molecule has 2 rings (SSSR count). The highest BCUT2D eigenvalue weighted by molar-refractivity contribution is 6.14. The quantitative estimate of drug-likeness (QED) is 0.675. The second kappa shape index (κ2) is 6.68. The van der Waals surface area contributed by atoms with Gasteiger partial charge in [-0.1, -0.05) is 19.1 Å². The Hall–Kier alpha value is -2.94. The van der Waals surface area contributed by atoms with Crippen LogP contribution in [0.2, 0.25) is 0 Å². The smallest absolute Gasteiger partial charge is 0.249 e. The first-order valence-corrected chi connectivity index (χ1v) is 6.81. The van der Waals surface area contributed by atoms with Crippen LogP contribution in [0.3, 0.4) is 0 Å². The zero-order valence-corrected chi connectivity index (χ0v) is 12.3. The minimum absolute atomic E-state index is 0.0113. The highest BCUT2D eigenvalue weighted by Crippen LogP contribution is 2.14. The Morgan fingerprint density at radius 1 is 1.45 bits per heavy atom. The van der Waals surface area contributed by atoms with E-state index in [0.29, 0.717) is 18.0 Å².